The first-order chi connectivity index (χ1) is 4.43. The number of aromatic nitrogens is 2. The average molecular weight is 143 g/mol. The van der Waals surface area contributed by atoms with E-state index < -0.39 is 0 Å². The van der Waals surface area contributed by atoms with Gasteiger partial charge in [-0.2, -0.15) is 0 Å². The van der Waals surface area contributed by atoms with E-state index in [2.05, 4.69) is 19.7 Å². The first kappa shape index (κ1) is 6.10. The predicted octanol–water partition coefficient (Wildman–Crippen LogP) is 1.71. The zero-order valence-electron chi connectivity index (χ0n) is 4.40. The number of nitrogens with zero attached hydrogens (tertiary/aromatic N) is 4. The molecule has 0 aliphatic heterocycles. The van der Waals surface area contributed by atoms with E-state index in [4.69, 9.17) is 11.8 Å². The first-order valence-electron chi connectivity index (χ1n) is 2.22. The fourth-order valence-corrected chi connectivity index (χ4v) is 0.444. The Hall–Kier alpha value is -1.03. The number of halogens is 1. The summed E-state index contributed by atoms with van der Waals surface area (Å²) in [6.45, 7) is 0. The fraction of sp³-hybridized carbons (Fsp3) is 0. The second kappa shape index (κ2) is 3.09. The van der Waals surface area contributed by atoms with Crippen molar-refractivity contribution in [1.82, 2.24) is 9.97 Å². The van der Waals surface area contributed by atoms with E-state index in [9.17, 15) is 0 Å². The molecule has 0 spiro atoms. The Bertz CT molecular complexity index is 197. The summed E-state index contributed by atoms with van der Waals surface area (Å²) >= 11 is 4.91. The molecule has 0 radical (unpaired) electrons. The summed E-state index contributed by atoms with van der Waals surface area (Å²) in [7, 11) is 0. The second-order valence-electron chi connectivity index (χ2n) is 1.22. The van der Waals surface area contributed by atoms with Crippen LogP contribution in [-0.4, -0.2) is 9.97 Å². The molecule has 0 saturated heterocycles. The lowest BCUT2D eigenvalue weighted by Crippen LogP contribution is -1.73. The highest BCUT2D eigenvalue weighted by atomic mass is 35.5. The van der Waals surface area contributed by atoms with Crippen LogP contribution in [0, 0.1) is 0 Å². The molecule has 5 heteroatoms. The maximum Gasteiger partial charge on any atom is 0.269 e. The van der Waals surface area contributed by atoms with Crippen molar-refractivity contribution in [2.45, 2.75) is 0 Å². The van der Waals surface area contributed by atoms with Crippen LogP contribution in [0.2, 0.25) is 0 Å². The molecule has 0 aromatic carbocycles. The van der Waals surface area contributed by atoms with Gasteiger partial charge in [0.15, 0.2) is 0 Å². The van der Waals surface area contributed by atoms with Crippen molar-refractivity contribution in [1.29, 1.82) is 0 Å². The molecule has 0 bridgehead atoms. The van der Waals surface area contributed by atoms with Gasteiger partial charge in [-0.05, 0) is 6.07 Å². The van der Waals surface area contributed by atoms with Crippen LogP contribution in [0.15, 0.2) is 28.2 Å². The van der Waals surface area contributed by atoms with Gasteiger partial charge in [-0.15, -0.1) is 0 Å². The van der Waals surface area contributed by atoms with E-state index in [1.54, 1.807) is 18.5 Å². The Morgan fingerprint density at radius 1 is 1.33 bits per heavy atom. The minimum atomic E-state index is 0.271. The molecule has 0 amide bonds. The Morgan fingerprint density at radius 3 is 2.56 bits per heavy atom. The minimum absolute atomic E-state index is 0.271. The van der Waals surface area contributed by atoms with Crippen LogP contribution in [0.4, 0.5) is 5.95 Å². The van der Waals surface area contributed by atoms with Crippen molar-refractivity contribution >= 4 is 17.7 Å². The largest absolute Gasteiger partial charge is 0.269 e. The van der Waals surface area contributed by atoms with Crippen molar-refractivity contribution in [3.63, 3.8) is 0 Å². The quantitative estimate of drug-likeness (QED) is 0.561. The third-order valence-corrected chi connectivity index (χ3v) is 0.755. The van der Waals surface area contributed by atoms with Gasteiger partial charge in [0.1, 0.15) is 0 Å². The first-order valence-corrected chi connectivity index (χ1v) is 2.56. The van der Waals surface area contributed by atoms with Gasteiger partial charge < -0.3 is 0 Å². The van der Waals surface area contributed by atoms with E-state index in [-0.39, 0.29) is 5.95 Å². The topological polar surface area (TPSA) is 50.5 Å². The van der Waals surface area contributed by atoms with E-state index in [0.29, 0.717) is 0 Å². The number of hydrogen-bond donors (Lipinski definition) is 0. The number of hydrogen-bond acceptors (Lipinski definition) is 4. The Morgan fingerprint density at radius 2 is 2.00 bits per heavy atom. The summed E-state index contributed by atoms with van der Waals surface area (Å²) in [5.74, 6) is 0.271. The Kier molecular flexibility index (Phi) is 2.09. The SMILES string of the molecule is Cl/N=N/c1ncccn1. The molecule has 1 heterocycles. The maximum atomic E-state index is 4.91. The van der Waals surface area contributed by atoms with Crippen LogP contribution in [0.5, 0.6) is 0 Å². The summed E-state index contributed by atoms with van der Waals surface area (Å²) in [5.41, 5.74) is 0. The lowest BCUT2D eigenvalue weighted by molar-refractivity contribution is 1.09. The normalized spacial score (nSPS) is 10.3. The van der Waals surface area contributed by atoms with Crippen molar-refractivity contribution in [2.24, 2.45) is 9.75 Å². The van der Waals surface area contributed by atoms with E-state index in [1.165, 1.54) is 0 Å². The average Bonchev–Trinajstić information content (AvgIpc) is 1.91. The predicted molar refractivity (Wildman–Crippen MR) is 32.4 cm³/mol. The van der Waals surface area contributed by atoms with E-state index in [1.807, 2.05) is 0 Å². The molecule has 46 valence electrons. The molecule has 0 aliphatic carbocycles. The standard InChI is InChI=1S/C4H3ClN4/c5-9-8-4-6-2-1-3-7-4/h1-3H/b9-8+. The molecule has 0 atom stereocenters. The molecular weight excluding hydrogens is 140 g/mol. The van der Waals surface area contributed by atoms with E-state index >= 15 is 0 Å². The van der Waals surface area contributed by atoms with E-state index in [0.717, 1.165) is 0 Å². The van der Waals surface area contributed by atoms with Gasteiger partial charge in [0.05, 0.1) is 11.8 Å². The highest BCUT2D eigenvalue weighted by molar-refractivity contribution is 6.14. The van der Waals surface area contributed by atoms with Crippen LogP contribution in [-0.2, 0) is 0 Å². The van der Waals surface area contributed by atoms with Gasteiger partial charge in [0.25, 0.3) is 5.95 Å². The van der Waals surface area contributed by atoms with Crippen LogP contribution in [0.3, 0.4) is 0 Å². The fourth-order valence-electron chi connectivity index (χ4n) is 0.377. The zero-order valence-corrected chi connectivity index (χ0v) is 5.15. The van der Waals surface area contributed by atoms with Gasteiger partial charge in [-0.25, -0.2) is 9.97 Å². The molecule has 0 fully saturated rings. The second-order valence-corrected chi connectivity index (χ2v) is 1.38. The van der Waals surface area contributed by atoms with Crippen molar-refractivity contribution in [3.05, 3.63) is 18.5 Å². The smallest absolute Gasteiger partial charge is 0.218 e. The monoisotopic (exact) mass is 142 g/mol. The van der Waals surface area contributed by atoms with Crippen LogP contribution in [0.25, 0.3) is 0 Å². The molecule has 0 aliphatic rings. The molecule has 0 saturated carbocycles. The molecule has 1 aromatic heterocycles. The summed E-state index contributed by atoms with van der Waals surface area (Å²) < 4.78 is 2.98. The van der Waals surface area contributed by atoms with Gasteiger partial charge in [0.2, 0.25) is 0 Å². The van der Waals surface area contributed by atoms with Crippen LogP contribution in [0.1, 0.15) is 0 Å². The molecule has 1 rings (SSSR count). The molecule has 1 aromatic rings. The summed E-state index contributed by atoms with van der Waals surface area (Å²) in [5, 5.41) is 3.37. The van der Waals surface area contributed by atoms with Crippen molar-refractivity contribution < 1.29 is 0 Å². The molecule has 0 N–H and O–H groups in total. The van der Waals surface area contributed by atoms with Gasteiger partial charge >= 0.3 is 0 Å². The lowest BCUT2D eigenvalue weighted by atomic mass is 10.7. The molecular formula is C4H3ClN4. The highest BCUT2D eigenvalue weighted by Crippen LogP contribution is 2.00. The Balaban J connectivity index is 2.85. The highest BCUT2D eigenvalue weighted by Gasteiger charge is 1.84. The van der Waals surface area contributed by atoms with Gasteiger partial charge in [-0.1, -0.05) is 9.75 Å². The summed E-state index contributed by atoms with van der Waals surface area (Å²) in [6.07, 6.45) is 3.13. The maximum absolute atomic E-state index is 4.91. The van der Waals surface area contributed by atoms with Crippen molar-refractivity contribution in [3.8, 4) is 0 Å². The lowest BCUT2D eigenvalue weighted by Gasteiger charge is -1.82. The molecule has 0 unspecified atom stereocenters. The third kappa shape index (κ3) is 1.73. The zero-order chi connectivity index (χ0) is 6.53. The minimum Gasteiger partial charge on any atom is -0.218 e. The van der Waals surface area contributed by atoms with Crippen molar-refractivity contribution in [2.75, 3.05) is 0 Å². The summed E-state index contributed by atoms with van der Waals surface area (Å²) in [6, 6.07) is 1.69. The van der Waals surface area contributed by atoms with Crippen LogP contribution < -0.4 is 0 Å². The Labute approximate surface area is 56.7 Å². The van der Waals surface area contributed by atoms with Gasteiger partial charge in [0, 0.05) is 12.4 Å². The molecule has 9 heavy (non-hydrogen) atoms. The molecule has 4 nitrogen and oxygen atoms in total. The van der Waals surface area contributed by atoms with Crippen LogP contribution >= 0.6 is 11.8 Å². The number of rotatable bonds is 1. The van der Waals surface area contributed by atoms with Gasteiger partial charge in [-0.3, -0.25) is 0 Å². The summed E-state index contributed by atoms with van der Waals surface area (Å²) in [4.78, 5) is 7.42. The third-order valence-electron chi connectivity index (χ3n) is 0.679.